The summed E-state index contributed by atoms with van der Waals surface area (Å²) in [6, 6.07) is 10.0. The summed E-state index contributed by atoms with van der Waals surface area (Å²) < 4.78 is 44.9. The summed E-state index contributed by atoms with van der Waals surface area (Å²) in [4.78, 5) is 0.116. The minimum absolute atomic E-state index is 0.0271. The largest absolute Gasteiger partial charge is 0.494 e. The van der Waals surface area contributed by atoms with Gasteiger partial charge in [0.2, 0.25) is 0 Å². The van der Waals surface area contributed by atoms with Crippen LogP contribution < -0.4 is 14.8 Å². The van der Waals surface area contributed by atoms with Crippen LogP contribution in [-0.4, -0.2) is 22.6 Å². The average Bonchev–Trinajstić information content (AvgIpc) is 2.49. The number of methoxy groups -OCH3 is 1. The minimum Gasteiger partial charge on any atom is -0.494 e. The molecule has 2 rings (SSSR count). The number of rotatable bonds is 5. The van der Waals surface area contributed by atoms with E-state index in [2.05, 4.69) is 10.0 Å². The maximum absolute atomic E-state index is 13.3. The lowest BCUT2D eigenvalue weighted by molar-refractivity contribution is 0.387. The quantitative estimate of drug-likeness (QED) is 0.891. The molecule has 0 spiro atoms. The highest BCUT2D eigenvalue weighted by atomic mass is 32.2. The van der Waals surface area contributed by atoms with Gasteiger partial charge in [-0.2, -0.15) is 0 Å². The van der Waals surface area contributed by atoms with Crippen molar-refractivity contribution in [2.75, 3.05) is 24.2 Å². The molecule has 0 heterocycles. The number of hydrogen-bond donors (Lipinski definition) is 2. The molecule has 0 saturated carbocycles. The van der Waals surface area contributed by atoms with E-state index >= 15 is 0 Å². The molecule has 5 nitrogen and oxygen atoms in total. The van der Waals surface area contributed by atoms with Crippen molar-refractivity contribution in [3.8, 4) is 5.75 Å². The Balaban J connectivity index is 2.28. The highest BCUT2D eigenvalue weighted by Crippen LogP contribution is 2.24. The van der Waals surface area contributed by atoms with E-state index in [-0.39, 0.29) is 16.3 Å². The van der Waals surface area contributed by atoms with E-state index in [1.165, 1.54) is 31.4 Å². The van der Waals surface area contributed by atoms with Crippen LogP contribution in [0.2, 0.25) is 0 Å². The second kappa shape index (κ2) is 6.01. The van der Waals surface area contributed by atoms with Gasteiger partial charge in [0, 0.05) is 18.8 Å². The van der Waals surface area contributed by atoms with Gasteiger partial charge >= 0.3 is 0 Å². The van der Waals surface area contributed by atoms with E-state index in [1.54, 1.807) is 19.2 Å². The van der Waals surface area contributed by atoms with Crippen LogP contribution in [0.5, 0.6) is 5.75 Å². The fourth-order valence-electron chi connectivity index (χ4n) is 1.74. The Labute approximate surface area is 122 Å². The second-order valence-corrected chi connectivity index (χ2v) is 5.91. The molecule has 7 heteroatoms. The zero-order chi connectivity index (χ0) is 15.5. The van der Waals surface area contributed by atoms with Crippen molar-refractivity contribution in [2.45, 2.75) is 4.90 Å². The molecule has 0 aromatic heterocycles. The first kappa shape index (κ1) is 15.1. The summed E-state index contributed by atoms with van der Waals surface area (Å²) in [5, 5.41) is 2.90. The Morgan fingerprint density at radius 2 is 1.67 bits per heavy atom. The second-order valence-electron chi connectivity index (χ2n) is 4.23. The molecule has 2 N–H and O–H groups in total. The fourth-order valence-corrected chi connectivity index (χ4v) is 2.79. The highest BCUT2D eigenvalue weighted by molar-refractivity contribution is 7.92. The van der Waals surface area contributed by atoms with Crippen molar-refractivity contribution in [1.82, 2.24) is 0 Å². The molecule has 0 aliphatic heterocycles. The Morgan fingerprint density at radius 1 is 1.05 bits per heavy atom. The van der Waals surface area contributed by atoms with E-state index in [1.807, 2.05) is 0 Å². The first-order valence-corrected chi connectivity index (χ1v) is 7.59. The zero-order valence-electron chi connectivity index (χ0n) is 11.6. The van der Waals surface area contributed by atoms with Gasteiger partial charge in [-0.3, -0.25) is 4.72 Å². The number of halogens is 1. The Morgan fingerprint density at radius 3 is 2.24 bits per heavy atom. The first-order valence-electron chi connectivity index (χ1n) is 6.10. The topological polar surface area (TPSA) is 67.4 Å². The fraction of sp³-hybridized carbons (Fsp3) is 0.143. The lowest BCUT2D eigenvalue weighted by atomic mass is 10.3. The summed E-state index contributed by atoms with van der Waals surface area (Å²) >= 11 is 0. The number of anilines is 2. The molecule has 0 aliphatic rings. The molecule has 0 aliphatic carbocycles. The number of ether oxygens (including phenoxy) is 1. The average molecular weight is 310 g/mol. The van der Waals surface area contributed by atoms with Crippen molar-refractivity contribution in [3.05, 3.63) is 48.3 Å². The van der Waals surface area contributed by atoms with Gasteiger partial charge in [0.15, 0.2) is 11.6 Å². The normalized spacial score (nSPS) is 11.0. The van der Waals surface area contributed by atoms with Crippen molar-refractivity contribution < 1.29 is 17.5 Å². The van der Waals surface area contributed by atoms with E-state index < -0.39 is 15.8 Å². The molecule has 2 aromatic carbocycles. The summed E-state index contributed by atoms with van der Waals surface area (Å²) in [6.45, 7) is 0. The van der Waals surface area contributed by atoms with Crippen LogP contribution in [0.4, 0.5) is 15.8 Å². The predicted molar refractivity (Wildman–Crippen MR) is 79.7 cm³/mol. The number of sulfonamides is 1. The summed E-state index contributed by atoms with van der Waals surface area (Å²) in [7, 11) is -0.677. The van der Waals surface area contributed by atoms with E-state index in [4.69, 9.17) is 4.74 Å². The molecule has 0 saturated heterocycles. The van der Waals surface area contributed by atoms with Crippen LogP contribution >= 0.6 is 0 Å². The van der Waals surface area contributed by atoms with Gasteiger partial charge in [-0.15, -0.1) is 0 Å². The minimum atomic E-state index is -3.73. The van der Waals surface area contributed by atoms with Crippen molar-refractivity contribution in [1.29, 1.82) is 0 Å². The molecule has 112 valence electrons. The van der Waals surface area contributed by atoms with Crippen LogP contribution in [-0.2, 0) is 10.0 Å². The van der Waals surface area contributed by atoms with Crippen LogP contribution in [0.15, 0.2) is 47.4 Å². The monoisotopic (exact) mass is 310 g/mol. The van der Waals surface area contributed by atoms with Gasteiger partial charge in [0.25, 0.3) is 10.0 Å². The molecule has 21 heavy (non-hydrogen) atoms. The molecule has 0 unspecified atom stereocenters. The van der Waals surface area contributed by atoms with Crippen molar-refractivity contribution in [2.24, 2.45) is 0 Å². The van der Waals surface area contributed by atoms with E-state index in [0.717, 1.165) is 11.8 Å². The number of hydrogen-bond acceptors (Lipinski definition) is 4. The van der Waals surface area contributed by atoms with Crippen LogP contribution in [0.25, 0.3) is 0 Å². The van der Waals surface area contributed by atoms with Crippen LogP contribution in [0.3, 0.4) is 0 Å². The summed E-state index contributed by atoms with van der Waals surface area (Å²) in [6.07, 6.45) is 0. The number of nitrogens with one attached hydrogen (secondary N) is 2. The maximum Gasteiger partial charge on any atom is 0.261 e. The first-order chi connectivity index (χ1) is 9.96. The standard InChI is InChI=1S/C14H15FN2O3S/c1-16-10-3-6-12(7-4-10)21(18,19)17-11-5-8-13(15)14(9-11)20-2/h3-9,16-17H,1-2H3. The van der Waals surface area contributed by atoms with Crippen molar-refractivity contribution in [3.63, 3.8) is 0 Å². The van der Waals surface area contributed by atoms with Gasteiger partial charge in [0.1, 0.15) is 0 Å². The van der Waals surface area contributed by atoms with E-state index in [9.17, 15) is 12.8 Å². The number of benzene rings is 2. The Kier molecular flexibility index (Phi) is 4.32. The molecule has 0 atom stereocenters. The summed E-state index contributed by atoms with van der Waals surface area (Å²) in [5.41, 5.74) is 1.03. The molecule has 0 radical (unpaired) electrons. The molecule has 0 fully saturated rings. The Hall–Kier alpha value is -2.28. The third-order valence-corrected chi connectivity index (χ3v) is 4.25. The molecule has 0 bridgehead atoms. The predicted octanol–water partition coefficient (Wildman–Crippen LogP) is 2.68. The summed E-state index contributed by atoms with van der Waals surface area (Å²) in [5.74, 6) is -0.584. The molecule has 0 amide bonds. The molecule has 2 aromatic rings. The van der Waals surface area contributed by atoms with Crippen LogP contribution in [0.1, 0.15) is 0 Å². The lowest BCUT2D eigenvalue weighted by Gasteiger charge is -2.10. The van der Waals surface area contributed by atoms with Gasteiger partial charge < -0.3 is 10.1 Å². The van der Waals surface area contributed by atoms with Gasteiger partial charge in [-0.1, -0.05) is 0 Å². The van der Waals surface area contributed by atoms with Crippen molar-refractivity contribution >= 4 is 21.4 Å². The lowest BCUT2D eigenvalue weighted by Crippen LogP contribution is -2.13. The SMILES string of the molecule is CNc1ccc(S(=O)(=O)Nc2ccc(F)c(OC)c2)cc1. The third kappa shape index (κ3) is 3.43. The maximum atomic E-state index is 13.3. The highest BCUT2D eigenvalue weighted by Gasteiger charge is 2.15. The molecular weight excluding hydrogens is 295 g/mol. The Bertz CT molecular complexity index is 730. The smallest absolute Gasteiger partial charge is 0.261 e. The van der Waals surface area contributed by atoms with E-state index in [0.29, 0.717) is 0 Å². The van der Waals surface area contributed by atoms with Crippen LogP contribution in [0, 0.1) is 5.82 Å². The van der Waals surface area contributed by atoms with Gasteiger partial charge in [0.05, 0.1) is 17.7 Å². The van der Waals surface area contributed by atoms with Gasteiger partial charge in [-0.25, -0.2) is 12.8 Å². The third-order valence-electron chi connectivity index (χ3n) is 2.86. The molecular formula is C14H15FN2O3S. The van der Waals surface area contributed by atoms with Gasteiger partial charge in [-0.05, 0) is 36.4 Å². The zero-order valence-corrected chi connectivity index (χ0v) is 12.4.